The lowest BCUT2D eigenvalue weighted by Gasteiger charge is -2.06. The number of halogens is 2. The van der Waals surface area contributed by atoms with Gasteiger partial charge in [-0.25, -0.2) is 9.79 Å². The second-order valence-corrected chi connectivity index (χ2v) is 11.8. The van der Waals surface area contributed by atoms with Crippen molar-refractivity contribution in [1.82, 2.24) is 4.57 Å². The minimum Gasteiger partial charge on any atom is -0.506 e. The summed E-state index contributed by atoms with van der Waals surface area (Å²) in [5.41, 5.74) is 3.82. The molecule has 0 saturated heterocycles. The lowest BCUT2D eigenvalue weighted by atomic mass is 10.1. The highest BCUT2D eigenvalue weighted by atomic mass is 79.9. The van der Waals surface area contributed by atoms with E-state index in [9.17, 15) is 9.90 Å². The van der Waals surface area contributed by atoms with Gasteiger partial charge in [-0.05, 0) is 80.1 Å². The predicted molar refractivity (Wildman–Crippen MR) is 169 cm³/mol. The molecular weight excluding hydrogens is 656 g/mol. The maximum absolute atomic E-state index is 12.9. The zero-order valence-corrected chi connectivity index (χ0v) is 25.8. The van der Waals surface area contributed by atoms with E-state index in [-0.39, 0.29) is 17.9 Å². The number of rotatable bonds is 8. The van der Waals surface area contributed by atoms with Gasteiger partial charge in [0.1, 0.15) is 22.1 Å². The van der Waals surface area contributed by atoms with Crippen LogP contribution in [0.2, 0.25) is 0 Å². The summed E-state index contributed by atoms with van der Waals surface area (Å²) in [6.45, 7) is 5.09. The molecule has 204 valence electrons. The Hall–Kier alpha value is -3.27. The summed E-state index contributed by atoms with van der Waals surface area (Å²) < 4.78 is 14.9. The highest BCUT2D eigenvalue weighted by Gasteiger charge is 2.33. The van der Waals surface area contributed by atoms with E-state index >= 15 is 0 Å². The van der Waals surface area contributed by atoms with Crippen LogP contribution in [0, 0.1) is 0 Å². The lowest BCUT2D eigenvalue weighted by Crippen LogP contribution is -2.12. The van der Waals surface area contributed by atoms with E-state index in [0.717, 1.165) is 36.7 Å². The number of aliphatic hydroxyl groups excluding tert-OH is 1. The van der Waals surface area contributed by atoms with Gasteiger partial charge in [-0.3, -0.25) is 0 Å². The highest BCUT2D eigenvalue weighted by Crippen LogP contribution is 2.41. The van der Waals surface area contributed by atoms with Crippen LogP contribution in [0.5, 0.6) is 5.75 Å². The summed E-state index contributed by atoms with van der Waals surface area (Å²) >= 11 is 8.33. The van der Waals surface area contributed by atoms with Crippen molar-refractivity contribution >= 4 is 77.3 Å². The van der Waals surface area contributed by atoms with Gasteiger partial charge in [-0.15, -0.1) is 0 Å². The number of ether oxygens (including phenoxy) is 2. The maximum Gasteiger partial charge on any atom is 0.344 e. The first-order valence-corrected chi connectivity index (χ1v) is 15.1. The molecule has 0 fully saturated rings. The second-order valence-electron chi connectivity index (χ2n) is 8.90. The molecule has 1 aliphatic rings. The summed E-state index contributed by atoms with van der Waals surface area (Å²) in [4.78, 5) is 18.1. The molecule has 0 radical (unpaired) electrons. The number of esters is 1. The van der Waals surface area contributed by atoms with Crippen LogP contribution >= 0.6 is 43.6 Å². The van der Waals surface area contributed by atoms with E-state index in [1.165, 1.54) is 11.8 Å². The van der Waals surface area contributed by atoms with Gasteiger partial charge >= 0.3 is 5.97 Å². The van der Waals surface area contributed by atoms with E-state index in [4.69, 9.17) is 9.47 Å². The summed E-state index contributed by atoms with van der Waals surface area (Å²) in [7, 11) is 0. The van der Waals surface area contributed by atoms with E-state index < -0.39 is 5.97 Å². The van der Waals surface area contributed by atoms with Crippen molar-refractivity contribution in [2.75, 3.05) is 13.2 Å². The lowest BCUT2D eigenvalue weighted by molar-refractivity contribution is -0.138. The average Bonchev–Trinajstić information content (AvgIpc) is 3.42. The van der Waals surface area contributed by atoms with Crippen LogP contribution < -0.4 is 4.74 Å². The molecule has 0 aliphatic carbocycles. The molecule has 2 heterocycles. The Labute approximate surface area is 253 Å². The standard InChI is InChI=1S/C31H26Br2N2O4S/c1-3-38-24-12-10-23(11-13-24)34-30-28(31(37)39-4-2)29(36)27(40-30)15-20-18-35(17-19-5-7-21(32)8-6-19)26-14-9-22(33)16-25(20)26/h5-16,18,36H,3-4,17H2,1-2H3/b27-15-,34-30?. The van der Waals surface area contributed by atoms with Crippen molar-refractivity contribution in [3.8, 4) is 5.75 Å². The fourth-order valence-corrected chi connectivity index (χ4v) is 6.01. The number of carbonyl (C=O) groups is 1. The predicted octanol–water partition coefficient (Wildman–Crippen LogP) is 8.81. The molecule has 40 heavy (non-hydrogen) atoms. The van der Waals surface area contributed by atoms with E-state index in [0.29, 0.717) is 28.8 Å². The first-order chi connectivity index (χ1) is 19.4. The van der Waals surface area contributed by atoms with Crippen LogP contribution in [0.1, 0.15) is 25.0 Å². The number of carbonyl (C=O) groups excluding carboxylic acids is 1. The minimum atomic E-state index is -0.610. The Morgan fingerprint density at radius 2 is 1.73 bits per heavy atom. The number of nitrogens with zero attached hydrogens (tertiary/aromatic N) is 2. The van der Waals surface area contributed by atoms with Gasteiger partial charge in [0.15, 0.2) is 0 Å². The van der Waals surface area contributed by atoms with E-state index in [2.05, 4.69) is 71.9 Å². The average molecular weight is 682 g/mol. The van der Waals surface area contributed by atoms with Crippen LogP contribution in [-0.2, 0) is 16.1 Å². The number of hydrogen-bond acceptors (Lipinski definition) is 6. The van der Waals surface area contributed by atoms with Crippen molar-refractivity contribution in [1.29, 1.82) is 0 Å². The monoisotopic (exact) mass is 680 g/mol. The number of aromatic nitrogens is 1. The Morgan fingerprint density at radius 1 is 1.00 bits per heavy atom. The number of fused-ring (bicyclic) bond motifs is 1. The third-order valence-corrected chi connectivity index (χ3v) is 8.22. The topological polar surface area (TPSA) is 73.0 Å². The second kappa shape index (κ2) is 12.5. The fraction of sp³-hybridized carbons (Fsp3) is 0.161. The molecule has 6 nitrogen and oxygen atoms in total. The number of aliphatic hydroxyl groups is 1. The molecule has 9 heteroatoms. The molecule has 1 N–H and O–H groups in total. The van der Waals surface area contributed by atoms with Gasteiger partial charge in [0.25, 0.3) is 0 Å². The van der Waals surface area contributed by atoms with Gasteiger partial charge in [0.2, 0.25) is 0 Å². The first-order valence-electron chi connectivity index (χ1n) is 12.7. The van der Waals surface area contributed by atoms with Crippen LogP contribution in [-0.4, -0.2) is 33.9 Å². The fourth-order valence-electron chi connectivity index (χ4n) is 4.36. The van der Waals surface area contributed by atoms with Crippen LogP contribution in [0.15, 0.2) is 103 Å². The number of thioether (sulfide) groups is 1. The molecule has 0 atom stereocenters. The molecule has 5 rings (SSSR count). The van der Waals surface area contributed by atoms with Crippen molar-refractivity contribution in [3.63, 3.8) is 0 Å². The third-order valence-electron chi connectivity index (χ3n) is 6.18. The highest BCUT2D eigenvalue weighted by molar-refractivity contribution is 9.10. The third kappa shape index (κ3) is 6.22. The zero-order chi connectivity index (χ0) is 28.2. The van der Waals surface area contributed by atoms with Gasteiger partial charge in [-0.1, -0.05) is 55.8 Å². The molecule has 0 spiro atoms. The smallest absolute Gasteiger partial charge is 0.344 e. The molecule has 4 aromatic rings. The van der Waals surface area contributed by atoms with Gasteiger partial charge in [-0.2, -0.15) is 0 Å². The molecule has 0 saturated carbocycles. The Balaban J connectivity index is 1.55. The molecule has 0 bridgehead atoms. The summed E-state index contributed by atoms with van der Waals surface area (Å²) in [6, 6.07) is 21.6. The number of hydrogen-bond donors (Lipinski definition) is 1. The Morgan fingerprint density at radius 3 is 2.42 bits per heavy atom. The van der Waals surface area contributed by atoms with Gasteiger partial charge < -0.3 is 19.1 Å². The first kappa shape index (κ1) is 28.3. The maximum atomic E-state index is 12.9. The number of benzene rings is 3. The van der Waals surface area contributed by atoms with E-state index in [1.54, 1.807) is 6.92 Å². The zero-order valence-electron chi connectivity index (χ0n) is 21.9. The molecule has 0 amide bonds. The van der Waals surface area contributed by atoms with Gasteiger partial charge in [0, 0.05) is 38.2 Å². The Kier molecular flexibility index (Phi) is 8.83. The molecule has 0 unspecified atom stereocenters. The molecule has 1 aliphatic heterocycles. The summed E-state index contributed by atoms with van der Waals surface area (Å²) in [5, 5.41) is 12.6. The largest absolute Gasteiger partial charge is 0.506 e. The number of aliphatic imine (C=N–C) groups is 1. The Bertz CT molecular complexity index is 1660. The van der Waals surface area contributed by atoms with Crippen molar-refractivity contribution < 1.29 is 19.4 Å². The molecular formula is C31H26Br2N2O4S. The minimum absolute atomic E-state index is 0.0618. The van der Waals surface area contributed by atoms with Crippen LogP contribution in [0.4, 0.5) is 5.69 Å². The van der Waals surface area contributed by atoms with Crippen molar-refractivity contribution in [3.05, 3.63) is 109 Å². The van der Waals surface area contributed by atoms with Gasteiger partial charge in [0.05, 0.1) is 23.8 Å². The normalized spacial score (nSPS) is 15.4. The summed E-state index contributed by atoms with van der Waals surface area (Å²) in [5.74, 6) is -0.0151. The summed E-state index contributed by atoms with van der Waals surface area (Å²) in [6.07, 6.45) is 3.96. The van der Waals surface area contributed by atoms with Crippen molar-refractivity contribution in [2.24, 2.45) is 4.99 Å². The SMILES string of the molecule is CCOC(=O)C1=C(O)/C(=C/c2cn(Cc3ccc(Br)cc3)c3ccc(Br)cc23)SC1=Nc1ccc(OCC)cc1. The molecule has 1 aromatic heterocycles. The van der Waals surface area contributed by atoms with E-state index in [1.807, 2.05) is 55.5 Å². The molecule has 3 aromatic carbocycles. The van der Waals surface area contributed by atoms with Crippen LogP contribution in [0.25, 0.3) is 17.0 Å². The van der Waals surface area contributed by atoms with Crippen molar-refractivity contribution in [2.45, 2.75) is 20.4 Å². The van der Waals surface area contributed by atoms with Crippen LogP contribution in [0.3, 0.4) is 0 Å². The quantitative estimate of drug-likeness (QED) is 0.188.